The Hall–Kier alpha value is -1.59. The van der Waals surface area contributed by atoms with Crippen molar-refractivity contribution in [1.82, 2.24) is 10.3 Å². The molecule has 6 heteroatoms. The van der Waals surface area contributed by atoms with Crippen LogP contribution >= 0.6 is 22.9 Å². The number of ether oxygens (including phenoxy) is 1. The lowest BCUT2D eigenvalue weighted by atomic mass is 10.2. The highest BCUT2D eigenvalue weighted by Gasteiger charge is 2.09. The number of halogens is 1. The minimum absolute atomic E-state index is 0.149. The van der Waals surface area contributed by atoms with Gasteiger partial charge in [-0.05, 0) is 31.2 Å². The minimum Gasteiger partial charge on any atom is -0.497 e. The molecule has 112 valence electrons. The number of carbonyl (C=O) groups excluding carboxylic acids is 1. The molecule has 1 amide bonds. The molecule has 2 rings (SSSR count). The van der Waals surface area contributed by atoms with Crippen LogP contribution in [0.15, 0.2) is 29.6 Å². The third-order valence-electron chi connectivity index (χ3n) is 2.94. The molecule has 0 aliphatic rings. The highest BCUT2D eigenvalue weighted by atomic mass is 35.5. The maximum atomic E-state index is 11.3. The van der Waals surface area contributed by atoms with Crippen molar-refractivity contribution in [3.05, 3.63) is 34.7 Å². The van der Waals surface area contributed by atoms with Gasteiger partial charge >= 0.3 is 0 Å². The molecule has 0 bridgehead atoms. The summed E-state index contributed by atoms with van der Waals surface area (Å²) in [5, 5.41) is 5.28. The smallest absolute Gasteiger partial charge is 0.237 e. The average molecular weight is 325 g/mol. The van der Waals surface area contributed by atoms with Crippen molar-refractivity contribution in [3.63, 3.8) is 0 Å². The van der Waals surface area contributed by atoms with E-state index in [2.05, 4.69) is 10.3 Å². The van der Waals surface area contributed by atoms with Crippen LogP contribution in [-0.2, 0) is 11.2 Å². The molecule has 2 aromatic rings. The van der Waals surface area contributed by atoms with Crippen LogP contribution in [0, 0.1) is 0 Å². The molecule has 0 fully saturated rings. The van der Waals surface area contributed by atoms with Crippen molar-refractivity contribution in [3.8, 4) is 17.0 Å². The number of rotatable bonds is 6. The Bertz CT molecular complexity index is 596. The Morgan fingerprint density at radius 2 is 2.14 bits per heavy atom. The molecule has 1 unspecified atom stereocenters. The highest BCUT2D eigenvalue weighted by molar-refractivity contribution is 7.09. The summed E-state index contributed by atoms with van der Waals surface area (Å²) in [4.78, 5) is 15.9. The van der Waals surface area contributed by atoms with E-state index < -0.39 is 5.38 Å². The molecule has 1 aromatic heterocycles. The molecule has 0 saturated carbocycles. The van der Waals surface area contributed by atoms with E-state index in [1.54, 1.807) is 25.4 Å². The van der Waals surface area contributed by atoms with Crippen molar-refractivity contribution >= 4 is 28.8 Å². The third-order valence-corrected chi connectivity index (χ3v) is 4.04. The number of hydrogen-bond donors (Lipinski definition) is 1. The van der Waals surface area contributed by atoms with Gasteiger partial charge in [0.1, 0.15) is 11.1 Å². The topological polar surface area (TPSA) is 51.2 Å². The number of alkyl halides is 1. The first-order valence-corrected chi connectivity index (χ1v) is 7.92. The summed E-state index contributed by atoms with van der Waals surface area (Å²) < 4.78 is 5.14. The minimum atomic E-state index is -0.504. The van der Waals surface area contributed by atoms with Crippen molar-refractivity contribution < 1.29 is 9.53 Å². The van der Waals surface area contributed by atoms with Crippen LogP contribution in [0.3, 0.4) is 0 Å². The van der Waals surface area contributed by atoms with Gasteiger partial charge < -0.3 is 10.1 Å². The summed E-state index contributed by atoms with van der Waals surface area (Å²) in [7, 11) is 1.64. The van der Waals surface area contributed by atoms with E-state index in [4.69, 9.17) is 16.3 Å². The lowest BCUT2D eigenvalue weighted by Gasteiger charge is -2.04. The standard InChI is InChI=1S/C15H17ClN2O2S/c1-10(16)15(19)17-8-7-14-18-13(9-21-14)11-3-5-12(20-2)6-4-11/h3-6,9-10H,7-8H2,1-2H3,(H,17,19). The molecule has 1 N–H and O–H groups in total. The zero-order valence-corrected chi connectivity index (χ0v) is 13.5. The Balaban J connectivity index is 1.93. The molecule has 0 radical (unpaired) electrons. The van der Waals surface area contributed by atoms with Crippen LogP contribution < -0.4 is 10.1 Å². The summed E-state index contributed by atoms with van der Waals surface area (Å²) in [5.74, 6) is 0.677. The monoisotopic (exact) mass is 324 g/mol. The number of hydrogen-bond acceptors (Lipinski definition) is 4. The fourth-order valence-corrected chi connectivity index (χ4v) is 2.64. The first-order chi connectivity index (χ1) is 10.1. The number of methoxy groups -OCH3 is 1. The quantitative estimate of drug-likeness (QED) is 0.831. The maximum absolute atomic E-state index is 11.3. The van der Waals surface area contributed by atoms with Gasteiger partial charge in [0.25, 0.3) is 0 Å². The average Bonchev–Trinajstić information content (AvgIpc) is 2.96. The van der Waals surface area contributed by atoms with E-state index in [1.165, 1.54) is 0 Å². The lowest BCUT2D eigenvalue weighted by molar-refractivity contribution is -0.120. The molecule has 4 nitrogen and oxygen atoms in total. The maximum Gasteiger partial charge on any atom is 0.237 e. The van der Waals surface area contributed by atoms with Crippen LogP contribution in [0.5, 0.6) is 5.75 Å². The van der Waals surface area contributed by atoms with Crippen LogP contribution in [-0.4, -0.2) is 29.9 Å². The second-order valence-electron chi connectivity index (χ2n) is 4.51. The van der Waals surface area contributed by atoms with Crippen LogP contribution in [0.25, 0.3) is 11.3 Å². The largest absolute Gasteiger partial charge is 0.497 e. The predicted octanol–water partition coefficient (Wildman–Crippen LogP) is 3.10. The Morgan fingerprint density at radius 3 is 2.76 bits per heavy atom. The Morgan fingerprint density at radius 1 is 1.43 bits per heavy atom. The molecule has 0 aliphatic heterocycles. The number of nitrogens with one attached hydrogen (secondary N) is 1. The summed E-state index contributed by atoms with van der Waals surface area (Å²) in [5.41, 5.74) is 1.99. The molecular weight excluding hydrogens is 308 g/mol. The van der Waals surface area contributed by atoms with Crippen molar-refractivity contribution in [2.24, 2.45) is 0 Å². The van der Waals surface area contributed by atoms with Gasteiger partial charge in [0, 0.05) is 23.9 Å². The summed E-state index contributed by atoms with van der Waals surface area (Å²) >= 11 is 7.27. The van der Waals surface area contributed by atoms with Gasteiger partial charge in [-0.2, -0.15) is 0 Å². The summed E-state index contributed by atoms with van der Waals surface area (Å²) in [6.45, 7) is 2.20. The third kappa shape index (κ3) is 4.44. The number of amides is 1. The van der Waals surface area contributed by atoms with E-state index in [-0.39, 0.29) is 5.91 Å². The second-order valence-corrected chi connectivity index (χ2v) is 6.11. The molecule has 0 spiro atoms. The lowest BCUT2D eigenvalue weighted by Crippen LogP contribution is -2.31. The van der Waals surface area contributed by atoms with Crippen LogP contribution in [0.4, 0.5) is 0 Å². The van der Waals surface area contributed by atoms with Gasteiger partial charge in [-0.3, -0.25) is 4.79 Å². The van der Waals surface area contributed by atoms with Crippen molar-refractivity contribution in [1.29, 1.82) is 0 Å². The van der Waals surface area contributed by atoms with Crippen molar-refractivity contribution in [2.75, 3.05) is 13.7 Å². The molecule has 1 atom stereocenters. The van der Waals surface area contributed by atoms with Crippen LogP contribution in [0.2, 0.25) is 0 Å². The van der Waals surface area contributed by atoms with E-state index in [0.29, 0.717) is 13.0 Å². The molecular formula is C15H17ClN2O2S. The SMILES string of the molecule is COc1ccc(-c2csc(CCNC(=O)C(C)Cl)n2)cc1. The van der Waals surface area contributed by atoms with Gasteiger partial charge in [0.15, 0.2) is 0 Å². The molecule has 0 aliphatic carbocycles. The number of carbonyl (C=O) groups is 1. The first-order valence-electron chi connectivity index (χ1n) is 6.60. The predicted molar refractivity (Wildman–Crippen MR) is 86.1 cm³/mol. The van der Waals surface area contributed by atoms with Gasteiger partial charge in [0.2, 0.25) is 5.91 Å². The van der Waals surface area contributed by atoms with E-state index in [0.717, 1.165) is 22.0 Å². The van der Waals surface area contributed by atoms with Gasteiger partial charge in [-0.15, -0.1) is 22.9 Å². The van der Waals surface area contributed by atoms with E-state index >= 15 is 0 Å². The summed E-state index contributed by atoms with van der Waals surface area (Å²) in [6, 6.07) is 7.79. The van der Waals surface area contributed by atoms with E-state index in [1.807, 2.05) is 29.6 Å². The normalized spacial score (nSPS) is 12.0. The van der Waals surface area contributed by atoms with Gasteiger partial charge in [-0.25, -0.2) is 4.98 Å². The number of benzene rings is 1. The number of aromatic nitrogens is 1. The highest BCUT2D eigenvalue weighted by Crippen LogP contribution is 2.24. The first kappa shape index (κ1) is 15.8. The molecule has 1 heterocycles. The van der Waals surface area contributed by atoms with Gasteiger partial charge in [-0.1, -0.05) is 0 Å². The number of thiazole rings is 1. The summed E-state index contributed by atoms with van der Waals surface area (Å²) in [6.07, 6.45) is 0.705. The molecule has 1 aromatic carbocycles. The molecule has 21 heavy (non-hydrogen) atoms. The molecule has 0 saturated heterocycles. The fraction of sp³-hybridized carbons (Fsp3) is 0.333. The fourth-order valence-electron chi connectivity index (χ4n) is 1.75. The van der Waals surface area contributed by atoms with Crippen LogP contribution in [0.1, 0.15) is 11.9 Å². The Kier molecular flexibility index (Phi) is 5.59. The number of nitrogens with zero attached hydrogens (tertiary/aromatic N) is 1. The van der Waals surface area contributed by atoms with Gasteiger partial charge in [0.05, 0.1) is 17.8 Å². The van der Waals surface area contributed by atoms with E-state index in [9.17, 15) is 4.79 Å². The second kappa shape index (κ2) is 7.43. The zero-order valence-electron chi connectivity index (χ0n) is 11.9. The Labute approximate surface area is 133 Å². The zero-order chi connectivity index (χ0) is 15.2. The van der Waals surface area contributed by atoms with Crippen molar-refractivity contribution in [2.45, 2.75) is 18.7 Å².